The molecule has 1 unspecified atom stereocenters. The smallest absolute Gasteiger partial charge is 0.316 e. The van der Waals surface area contributed by atoms with Crippen molar-refractivity contribution < 1.29 is 9.53 Å². The number of ether oxygens (including phenoxy) is 1. The maximum Gasteiger partial charge on any atom is 0.316 e. The number of nitrogens with zero attached hydrogens (tertiary/aromatic N) is 1. The number of aromatic nitrogens is 2. The average Bonchev–Trinajstić information content (AvgIpc) is 2.58. The zero-order chi connectivity index (χ0) is 8.97. The molecule has 0 aliphatic carbocycles. The van der Waals surface area contributed by atoms with E-state index in [1.54, 1.807) is 12.3 Å². The Morgan fingerprint density at radius 3 is 3.08 bits per heavy atom. The number of carbonyl (C=O) groups excluding carboxylic acids is 1. The summed E-state index contributed by atoms with van der Waals surface area (Å²) in [7, 11) is 1.33. The lowest BCUT2D eigenvalue weighted by atomic mass is 10.1. The van der Waals surface area contributed by atoms with E-state index in [4.69, 9.17) is 5.73 Å². The predicted molar refractivity (Wildman–Crippen MR) is 42.4 cm³/mol. The fourth-order valence-corrected chi connectivity index (χ4v) is 0.953. The van der Waals surface area contributed by atoms with Crippen LogP contribution in [0.4, 0.5) is 0 Å². The van der Waals surface area contributed by atoms with Crippen molar-refractivity contribution in [1.82, 2.24) is 10.2 Å². The van der Waals surface area contributed by atoms with Crippen LogP contribution in [0, 0.1) is 0 Å². The molecule has 1 rings (SSSR count). The van der Waals surface area contributed by atoms with Crippen LogP contribution in [0.2, 0.25) is 0 Å². The standard InChI is InChI=1S/C7H11N3O2/c1-12-7(11)5(4-8)6-2-3-9-10-6/h2-3,5H,4,8H2,1H3,(H,9,10). The maximum atomic E-state index is 11.1. The monoisotopic (exact) mass is 169 g/mol. The third-order valence-corrected chi connectivity index (χ3v) is 1.62. The number of aromatic amines is 1. The van der Waals surface area contributed by atoms with Gasteiger partial charge in [0.25, 0.3) is 0 Å². The Balaban J connectivity index is 2.76. The van der Waals surface area contributed by atoms with E-state index in [0.717, 1.165) is 0 Å². The van der Waals surface area contributed by atoms with Gasteiger partial charge in [0.15, 0.2) is 0 Å². The molecule has 1 heterocycles. The van der Waals surface area contributed by atoms with E-state index >= 15 is 0 Å². The molecule has 5 nitrogen and oxygen atoms in total. The lowest BCUT2D eigenvalue weighted by molar-refractivity contribution is -0.142. The number of rotatable bonds is 3. The van der Waals surface area contributed by atoms with Crippen molar-refractivity contribution in [3.63, 3.8) is 0 Å². The zero-order valence-electron chi connectivity index (χ0n) is 6.78. The molecule has 0 saturated heterocycles. The van der Waals surface area contributed by atoms with E-state index in [1.165, 1.54) is 7.11 Å². The normalized spacial score (nSPS) is 12.5. The molecule has 66 valence electrons. The minimum absolute atomic E-state index is 0.217. The quantitative estimate of drug-likeness (QED) is 0.604. The maximum absolute atomic E-state index is 11.1. The van der Waals surface area contributed by atoms with Crippen LogP contribution in [0.25, 0.3) is 0 Å². The number of nitrogens with one attached hydrogen (secondary N) is 1. The van der Waals surface area contributed by atoms with Crippen molar-refractivity contribution in [3.05, 3.63) is 18.0 Å². The largest absolute Gasteiger partial charge is 0.468 e. The average molecular weight is 169 g/mol. The van der Waals surface area contributed by atoms with Gasteiger partial charge in [-0.05, 0) is 6.07 Å². The Hall–Kier alpha value is -1.36. The van der Waals surface area contributed by atoms with E-state index in [2.05, 4.69) is 14.9 Å². The van der Waals surface area contributed by atoms with Crippen LogP contribution < -0.4 is 5.73 Å². The highest BCUT2D eigenvalue weighted by Crippen LogP contribution is 2.11. The molecule has 0 aliphatic rings. The highest BCUT2D eigenvalue weighted by atomic mass is 16.5. The van der Waals surface area contributed by atoms with Gasteiger partial charge in [0.1, 0.15) is 5.92 Å². The Labute approximate surface area is 69.9 Å². The van der Waals surface area contributed by atoms with Gasteiger partial charge in [-0.2, -0.15) is 5.10 Å². The molecule has 1 aromatic rings. The van der Waals surface area contributed by atoms with Gasteiger partial charge in [0.05, 0.1) is 12.8 Å². The van der Waals surface area contributed by atoms with Crippen molar-refractivity contribution in [2.75, 3.05) is 13.7 Å². The van der Waals surface area contributed by atoms with Crippen molar-refractivity contribution in [3.8, 4) is 0 Å². The topological polar surface area (TPSA) is 81.0 Å². The van der Waals surface area contributed by atoms with Gasteiger partial charge in [-0.25, -0.2) is 0 Å². The molecular formula is C7H11N3O2. The minimum Gasteiger partial charge on any atom is -0.468 e. The lowest BCUT2D eigenvalue weighted by Gasteiger charge is -2.08. The third kappa shape index (κ3) is 1.62. The van der Waals surface area contributed by atoms with Crippen LogP contribution in [0.1, 0.15) is 11.6 Å². The van der Waals surface area contributed by atoms with Crippen LogP contribution in [-0.4, -0.2) is 29.8 Å². The van der Waals surface area contributed by atoms with E-state index in [9.17, 15) is 4.79 Å². The number of esters is 1. The summed E-state index contributed by atoms with van der Waals surface area (Å²) >= 11 is 0. The second kappa shape index (κ2) is 3.87. The molecule has 0 bridgehead atoms. The summed E-state index contributed by atoms with van der Waals surface area (Å²) in [6.07, 6.45) is 1.57. The SMILES string of the molecule is COC(=O)C(CN)c1ccn[nH]1. The van der Waals surface area contributed by atoms with Crippen molar-refractivity contribution in [1.29, 1.82) is 0 Å². The first-order valence-electron chi connectivity index (χ1n) is 3.56. The summed E-state index contributed by atoms with van der Waals surface area (Å²) in [6.45, 7) is 0.217. The van der Waals surface area contributed by atoms with Gasteiger partial charge >= 0.3 is 5.97 Å². The van der Waals surface area contributed by atoms with E-state index in [-0.39, 0.29) is 12.5 Å². The predicted octanol–water partition coefficient (Wildman–Crippen LogP) is -0.375. The number of hydrogen-bond acceptors (Lipinski definition) is 4. The summed E-state index contributed by atoms with van der Waals surface area (Å²) in [5, 5.41) is 6.39. The molecular weight excluding hydrogens is 158 g/mol. The van der Waals surface area contributed by atoms with Gasteiger partial charge < -0.3 is 10.5 Å². The molecule has 3 N–H and O–H groups in total. The van der Waals surface area contributed by atoms with Gasteiger partial charge in [0, 0.05) is 12.7 Å². The summed E-state index contributed by atoms with van der Waals surface area (Å²) < 4.78 is 4.56. The molecule has 1 aromatic heterocycles. The number of H-pyrrole nitrogens is 1. The molecule has 0 spiro atoms. The molecule has 0 radical (unpaired) electrons. The van der Waals surface area contributed by atoms with Crippen molar-refractivity contribution in [2.45, 2.75) is 5.92 Å². The van der Waals surface area contributed by atoms with E-state index < -0.39 is 5.92 Å². The Morgan fingerprint density at radius 1 is 1.92 bits per heavy atom. The Bertz CT molecular complexity index is 245. The van der Waals surface area contributed by atoms with E-state index in [1.807, 2.05) is 0 Å². The summed E-state index contributed by atoms with van der Waals surface area (Å²) in [5.41, 5.74) is 6.08. The molecule has 0 fully saturated rings. The van der Waals surface area contributed by atoms with E-state index in [0.29, 0.717) is 5.69 Å². The fraction of sp³-hybridized carbons (Fsp3) is 0.429. The first-order chi connectivity index (χ1) is 5.79. The third-order valence-electron chi connectivity index (χ3n) is 1.62. The Kier molecular flexibility index (Phi) is 2.82. The molecule has 12 heavy (non-hydrogen) atoms. The van der Waals surface area contributed by atoms with Gasteiger partial charge in [0.2, 0.25) is 0 Å². The Morgan fingerprint density at radius 2 is 2.67 bits per heavy atom. The van der Waals surface area contributed by atoms with Crippen LogP contribution in [-0.2, 0) is 9.53 Å². The highest BCUT2D eigenvalue weighted by molar-refractivity contribution is 5.77. The van der Waals surface area contributed by atoms with Crippen molar-refractivity contribution >= 4 is 5.97 Å². The second-order valence-electron chi connectivity index (χ2n) is 2.32. The summed E-state index contributed by atoms with van der Waals surface area (Å²) in [5.74, 6) is -0.778. The van der Waals surface area contributed by atoms with Gasteiger partial charge in [-0.15, -0.1) is 0 Å². The number of hydrogen-bond donors (Lipinski definition) is 2. The van der Waals surface area contributed by atoms with Crippen molar-refractivity contribution in [2.24, 2.45) is 5.73 Å². The molecule has 1 atom stereocenters. The first kappa shape index (κ1) is 8.73. The van der Waals surface area contributed by atoms with Crippen LogP contribution >= 0.6 is 0 Å². The minimum atomic E-state index is -0.433. The second-order valence-corrected chi connectivity index (χ2v) is 2.32. The van der Waals surface area contributed by atoms with Crippen LogP contribution in [0.5, 0.6) is 0 Å². The highest BCUT2D eigenvalue weighted by Gasteiger charge is 2.20. The summed E-state index contributed by atoms with van der Waals surface area (Å²) in [6, 6.07) is 1.70. The fourth-order valence-electron chi connectivity index (χ4n) is 0.953. The van der Waals surface area contributed by atoms with Gasteiger partial charge in [-0.3, -0.25) is 9.89 Å². The summed E-state index contributed by atoms with van der Waals surface area (Å²) in [4.78, 5) is 11.1. The molecule has 0 aromatic carbocycles. The van der Waals surface area contributed by atoms with Gasteiger partial charge in [-0.1, -0.05) is 0 Å². The number of carbonyl (C=O) groups is 1. The molecule has 5 heteroatoms. The van der Waals surface area contributed by atoms with Crippen LogP contribution in [0.15, 0.2) is 12.3 Å². The number of methoxy groups -OCH3 is 1. The first-order valence-corrected chi connectivity index (χ1v) is 3.56. The molecule has 0 saturated carbocycles. The zero-order valence-corrected chi connectivity index (χ0v) is 6.78. The lowest BCUT2D eigenvalue weighted by Crippen LogP contribution is -2.23. The number of nitrogens with two attached hydrogens (primary N) is 1. The van der Waals surface area contributed by atoms with Crippen LogP contribution in [0.3, 0.4) is 0 Å². The molecule has 0 amide bonds. The molecule has 0 aliphatic heterocycles.